The highest BCUT2D eigenvalue weighted by Crippen LogP contribution is 2.17. The topological polar surface area (TPSA) is 54.4 Å². The van der Waals surface area contributed by atoms with Crippen LogP contribution in [0.4, 0.5) is 0 Å². The summed E-state index contributed by atoms with van der Waals surface area (Å²) in [6, 6.07) is 3.76. The highest BCUT2D eigenvalue weighted by molar-refractivity contribution is 6.30. The van der Waals surface area contributed by atoms with Gasteiger partial charge >= 0.3 is 0 Å². The third-order valence-electron chi connectivity index (χ3n) is 2.69. The average molecular weight is 243 g/mol. The van der Waals surface area contributed by atoms with Crippen LogP contribution in [-0.2, 0) is 11.3 Å². The molecule has 5 heteroatoms. The van der Waals surface area contributed by atoms with Gasteiger partial charge in [-0.1, -0.05) is 17.7 Å². The summed E-state index contributed by atoms with van der Waals surface area (Å²) in [5.41, 5.74) is 0.209. The normalized spacial score (nSPS) is 24.9. The van der Waals surface area contributed by atoms with Gasteiger partial charge in [-0.15, -0.1) is 0 Å². The van der Waals surface area contributed by atoms with Gasteiger partial charge in [-0.3, -0.25) is 0 Å². The van der Waals surface area contributed by atoms with Crippen LogP contribution in [0.2, 0.25) is 5.15 Å². The first-order valence-electron chi connectivity index (χ1n) is 5.30. The second kappa shape index (κ2) is 5.10. The van der Waals surface area contributed by atoms with Crippen LogP contribution in [0.1, 0.15) is 12.0 Å². The first kappa shape index (κ1) is 11.8. The van der Waals surface area contributed by atoms with Crippen LogP contribution in [0.15, 0.2) is 18.3 Å². The molecule has 0 amide bonds. The van der Waals surface area contributed by atoms with Crippen molar-refractivity contribution in [3.8, 4) is 0 Å². The van der Waals surface area contributed by atoms with Gasteiger partial charge < -0.3 is 15.2 Å². The molecule has 0 aliphatic carbocycles. The van der Waals surface area contributed by atoms with Crippen LogP contribution in [-0.4, -0.2) is 35.5 Å². The molecule has 1 atom stereocenters. The summed E-state index contributed by atoms with van der Waals surface area (Å²) in [5.74, 6) is 0. The Morgan fingerprint density at radius 1 is 1.62 bits per heavy atom. The van der Waals surface area contributed by atoms with Crippen molar-refractivity contribution in [2.45, 2.75) is 18.6 Å². The Hall–Kier alpha value is -0.680. The third kappa shape index (κ3) is 2.92. The molecule has 4 nitrogen and oxygen atoms in total. The van der Waals surface area contributed by atoms with Crippen molar-refractivity contribution < 1.29 is 9.84 Å². The predicted molar refractivity (Wildman–Crippen MR) is 61.3 cm³/mol. The highest BCUT2D eigenvalue weighted by atomic mass is 35.5. The number of hydrogen-bond donors (Lipinski definition) is 2. The van der Waals surface area contributed by atoms with E-state index in [1.54, 1.807) is 6.20 Å². The number of pyridine rings is 1. The van der Waals surface area contributed by atoms with Crippen LogP contribution in [0, 0.1) is 0 Å². The van der Waals surface area contributed by atoms with E-state index in [4.69, 9.17) is 16.3 Å². The monoisotopic (exact) mass is 242 g/mol. The second-order valence-electron chi connectivity index (χ2n) is 4.08. The number of nitrogens with zero attached hydrogens (tertiary/aromatic N) is 1. The molecule has 1 aromatic heterocycles. The van der Waals surface area contributed by atoms with Crippen LogP contribution in [0.25, 0.3) is 0 Å². The van der Waals surface area contributed by atoms with Crippen molar-refractivity contribution >= 4 is 11.6 Å². The zero-order valence-corrected chi connectivity index (χ0v) is 9.70. The Kier molecular flexibility index (Phi) is 3.76. The molecule has 1 aliphatic heterocycles. The molecule has 0 bridgehead atoms. The average Bonchev–Trinajstić information content (AvgIpc) is 2.68. The number of halogens is 1. The number of aliphatic hydroxyl groups is 1. The molecule has 2 rings (SSSR count). The quantitative estimate of drug-likeness (QED) is 0.773. The van der Waals surface area contributed by atoms with E-state index < -0.39 is 5.60 Å². The van der Waals surface area contributed by atoms with E-state index in [1.807, 2.05) is 12.1 Å². The Balaban J connectivity index is 1.82. The Labute approximate surface area is 99.6 Å². The van der Waals surface area contributed by atoms with E-state index in [-0.39, 0.29) is 0 Å². The van der Waals surface area contributed by atoms with Crippen molar-refractivity contribution in [3.63, 3.8) is 0 Å². The number of nitrogens with one attached hydrogen (secondary N) is 1. The van der Waals surface area contributed by atoms with Crippen LogP contribution < -0.4 is 5.32 Å². The predicted octanol–water partition coefficient (Wildman–Crippen LogP) is 0.976. The first-order valence-corrected chi connectivity index (χ1v) is 5.68. The van der Waals surface area contributed by atoms with E-state index in [2.05, 4.69) is 10.3 Å². The van der Waals surface area contributed by atoms with Crippen molar-refractivity contribution in [1.82, 2.24) is 10.3 Å². The summed E-state index contributed by atoms with van der Waals surface area (Å²) < 4.78 is 5.16. The summed E-state index contributed by atoms with van der Waals surface area (Å²) in [6.45, 7) is 2.15. The zero-order chi connectivity index (χ0) is 11.4. The summed E-state index contributed by atoms with van der Waals surface area (Å²) in [5, 5.41) is 13.7. The van der Waals surface area contributed by atoms with Crippen molar-refractivity contribution in [2.75, 3.05) is 19.8 Å². The van der Waals surface area contributed by atoms with E-state index in [1.165, 1.54) is 0 Å². The maximum atomic E-state index is 10.0. The molecule has 1 unspecified atom stereocenters. The van der Waals surface area contributed by atoms with Crippen molar-refractivity contribution in [2.24, 2.45) is 0 Å². The van der Waals surface area contributed by atoms with Gasteiger partial charge in [0.25, 0.3) is 0 Å². The summed E-state index contributed by atoms with van der Waals surface area (Å²) >= 11 is 5.92. The largest absolute Gasteiger partial charge is 0.386 e. The van der Waals surface area contributed by atoms with Gasteiger partial charge in [0.05, 0.1) is 6.61 Å². The lowest BCUT2D eigenvalue weighted by molar-refractivity contribution is 0.0268. The summed E-state index contributed by atoms with van der Waals surface area (Å²) in [4.78, 5) is 3.99. The molecular formula is C11H15ClN2O2. The standard InChI is InChI=1S/C11H15ClN2O2/c12-10-9(2-1-4-14-10)6-13-7-11(15)3-5-16-8-11/h1-2,4,13,15H,3,5-8H2. The minimum atomic E-state index is -0.727. The lowest BCUT2D eigenvalue weighted by Crippen LogP contribution is -2.40. The molecule has 0 aromatic carbocycles. The molecule has 1 fully saturated rings. The van der Waals surface area contributed by atoms with Crippen LogP contribution >= 0.6 is 11.6 Å². The van der Waals surface area contributed by atoms with Gasteiger partial charge in [0.15, 0.2) is 0 Å². The molecule has 2 N–H and O–H groups in total. The lowest BCUT2D eigenvalue weighted by Gasteiger charge is -2.20. The maximum Gasteiger partial charge on any atom is 0.133 e. The zero-order valence-electron chi connectivity index (χ0n) is 8.95. The molecule has 0 spiro atoms. The molecule has 88 valence electrons. The van der Waals surface area contributed by atoms with Crippen LogP contribution in [0.3, 0.4) is 0 Å². The van der Waals surface area contributed by atoms with Crippen molar-refractivity contribution in [3.05, 3.63) is 29.0 Å². The molecule has 1 saturated heterocycles. The molecule has 1 aliphatic rings. The molecule has 0 saturated carbocycles. The summed E-state index contributed by atoms with van der Waals surface area (Å²) in [6.07, 6.45) is 2.34. The number of aromatic nitrogens is 1. The highest BCUT2D eigenvalue weighted by Gasteiger charge is 2.31. The van der Waals surface area contributed by atoms with Gasteiger partial charge in [0.1, 0.15) is 10.8 Å². The smallest absolute Gasteiger partial charge is 0.133 e. The van der Waals surface area contributed by atoms with Gasteiger partial charge in [-0.25, -0.2) is 4.98 Å². The molecule has 1 aromatic rings. The molecule has 2 heterocycles. The van der Waals surface area contributed by atoms with Crippen molar-refractivity contribution in [1.29, 1.82) is 0 Å². The fourth-order valence-corrected chi connectivity index (χ4v) is 1.90. The number of rotatable bonds is 4. The molecule has 16 heavy (non-hydrogen) atoms. The second-order valence-corrected chi connectivity index (χ2v) is 4.44. The number of hydrogen-bond acceptors (Lipinski definition) is 4. The number of ether oxygens (including phenoxy) is 1. The maximum absolute atomic E-state index is 10.0. The SMILES string of the molecule is OC1(CNCc2cccnc2Cl)CCOC1. The van der Waals surface area contributed by atoms with Crippen LogP contribution in [0.5, 0.6) is 0 Å². The van der Waals surface area contributed by atoms with E-state index in [0.29, 0.717) is 37.9 Å². The Morgan fingerprint density at radius 3 is 3.19 bits per heavy atom. The molecular weight excluding hydrogens is 228 g/mol. The third-order valence-corrected chi connectivity index (χ3v) is 3.03. The minimum absolute atomic E-state index is 0.404. The fourth-order valence-electron chi connectivity index (χ4n) is 1.72. The van der Waals surface area contributed by atoms with Gasteiger partial charge in [-0.05, 0) is 6.07 Å². The lowest BCUT2D eigenvalue weighted by atomic mass is 10.0. The summed E-state index contributed by atoms with van der Waals surface area (Å²) in [7, 11) is 0. The molecule has 0 radical (unpaired) electrons. The van der Waals surface area contributed by atoms with Gasteiger partial charge in [0, 0.05) is 37.9 Å². The minimum Gasteiger partial charge on any atom is -0.386 e. The van der Waals surface area contributed by atoms with E-state index >= 15 is 0 Å². The first-order chi connectivity index (χ1) is 7.70. The van der Waals surface area contributed by atoms with Gasteiger partial charge in [-0.2, -0.15) is 0 Å². The Bertz CT molecular complexity index is 354. The Morgan fingerprint density at radius 2 is 2.50 bits per heavy atom. The fraction of sp³-hybridized carbons (Fsp3) is 0.545. The van der Waals surface area contributed by atoms with E-state index in [0.717, 1.165) is 5.56 Å². The van der Waals surface area contributed by atoms with Gasteiger partial charge in [0.2, 0.25) is 0 Å². The van der Waals surface area contributed by atoms with E-state index in [9.17, 15) is 5.11 Å².